The van der Waals surface area contributed by atoms with E-state index in [0.717, 1.165) is 11.3 Å². The normalized spacial score (nSPS) is 10.1. The SMILES string of the molecule is COc1ccc(CCC(=O)OCC(=O)Nc2ccc([N+](=O)[O-])cc2Br)cc1. The Labute approximate surface area is 163 Å². The Bertz CT molecular complexity index is 838. The molecule has 0 aromatic heterocycles. The summed E-state index contributed by atoms with van der Waals surface area (Å²) in [6, 6.07) is 11.2. The zero-order chi connectivity index (χ0) is 19.8. The molecule has 0 saturated heterocycles. The minimum atomic E-state index is -0.541. The molecule has 27 heavy (non-hydrogen) atoms. The van der Waals surface area contributed by atoms with Crippen molar-refractivity contribution in [2.45, 2.75) is 12.8 Å². The molecule has 0 aliphatic rings. The summed E-state index contributed by atoms with van der Waals surface area (Å²) < 4.78 is 10.4. The van der Waals surface area contributed by atoms with Crippen molar-refractivity contribution in [3.63, 3.8) is 0 Å². The number of halogens is 1. The summed E-state index contributed by atoms with van der Waals surface area (Å²) in [5.41, 5.74) is 1.19. The molecule has 0 saturated carbocycles. The zero-order valence-corrected chi connectivity index (χ0v) is 16.0. The van der Waals surface area contributed by atoms with Gasteiger partial charge in [-0.2, -0.15) is 0 Å². The maximum Gasteiger partial charge on any atom is 0.306 e. The highest BCUT2D eigenvalue weighted by Gasteiger charge is 2.13. The smallest absolute Gasteiger partial charge is 0.306 e. The van der Waals surface area contributed by atoms with Gasteiger partial charge < -0.3 is 14.8 Å². The summed E-state index contributed by atoms with van der Waals surface area (Å²) in [7, 11) is 1.58. The van der Waals surface area contributed by atoms with E-state index in [4.69, 9.17) is 9.47 Å². The van der Waals surface area contributed by atoms with Crippen LogP contribution in [0, 0.1) is 10.1 Å². The molecule has 0 aliphatic carbocycles. The average molecular weight is 437 g/mol. The first-order chi connectivity index (χ1) is 12.9. The second-order valence-corrected chi connectivity index (χ2v) is 6.33. The number of ether oxygens (including phenoxy) is 2. The Morgan fingerprint density at radius 3 is 2.48 bits per heavy atom. The van der Waals surface area contributed by atoms with Crippen molar-refractivity contribution < 1.29 is 24.0 Å². The molecule has 0 heterocycles. The van der Waals surface area contributed by atoms with Crippen LogP contribution in [0.15, 0.2) is 46.9 Å². The number of amides is 1. The first-order valence-electron chi connectivity index (χ1n) is 7.91. The molecule has 0 aliphatic heterocycles. The maximum atomic E-state index is 11.9. The van der Waals surface area contributed by atoms with E-state index in [1.807, 2.05) is 12.1 Å². The fraction of sp³-hybridized carbons (Fsp3) is 0.222. The molecule has 0 bridgehead atoms. The van der Waals surface area contributed by atoms with E-state index in [2.05, 4.69) is 21.2 Å². The number of hydrogen-bond donors (Lipinski definition) is 1. The minimum Gasteiger partial charge on any atom is -0.497 e. The number of carbonyl (C=O) groups excluding carboxylic acids is 2. The molecule has 0 unspecified atom stereocenters. The highest BCUT2D eigenvalue weighted by atomic mass is 79.9. The van der Waals surface area contributed by atoms with E-state index in [-0.39, 0.29) is 12.1 Å². The van der Waals surface area contributed by atoms with Crippen LogP contribution in [0.2, 0.25) is 0 Å². The van der Waals surface area contributed by atoms with Crippen LogP contribution in [0.1, 0.15) is 12.0 Å². The summed E-state index contributed by atoms with van der Waals surface area (Å²) >= 11 is 3.15. The lowest BCUT2D eigenvalue weighted by Gasteiger charge is -2.08. The molecular formula is C18H17BrN2O6. The molecule has 0 radical (unpaired) electrons. The third-order valence-corrected chi connectivity index (χ3v) is 4.23. The number of nitrogens with zero attached hydrogens (tertiary/aromatic N) is 1. The van der Waals surface area contributed by atoms with E-state index in [1.54, 1.807) is 19.2 Å². The molecule has 142 valence electrons. The first-order valence-corrected chi connectivity index (χ1v) is 8.70. The molecule has 1 amide bonds. The van der Waals surface area contributed by atoms with Crippen LogP contribution in [0.25, 0.3) is 0 Å². The van der Waals surface area contributed by atoms with Gasteiger partial charge in [-0.3, -0.25) is 19.7 Å². The Balaban J connectivity index is 1.77. The van der Waals surface area contributed by atoms with Gasteiger partial charge in [-0.1, -0.05) is 12.1 Å². The molecule has 8 nitrogen and oxygen atoms in total. The number of methoxy groups -OCH3 is 1. The van der Waals surface area contributed by atoms with Crippen LogP contribution in [0.5, 0.6) is 5.75 Å². The summed E-state index contributed by atoms with van der Waals surface area (Å²) in [5.74, 6) is -0.304. The van der Waals surface area contributed by atoms with Crippen LogP contribution in [-0.2, 0) is 20.7 Å². The zero-order valence-electron chi connectivity index (χ0n) is 14.4. The van der Waals surface area contributed by atoms with Crippen molar-refractivity contribution in [2.24, 2.45) is 0 Å². The number of anilines is 1. The first kappa shape index (κ1) is 20.4. The molecule has 2 rings (SSSR count). The highest BCUT2D eigenvalue weighted by Crippen LogP contribution is 2.27. The fourth-order valence-corrected chi connectivity index (χ4v) is 2.63. The van der Waals surface area contributed by atoms with Gasteiger partial charge in [0.15, 0.2) is 6.61 Å². The van der Waals surface area contributed by atoms with Crippen LogP contribution < -0.4 is 10.1 Å². The lowest BCUT2D eigenvalue weighted by Crippen LogP contribution is -2.21. The van der Waals surface area contributed by atoms with Crippen molar-refractivity contribution in [2.75, 3.05) is 19.0 Å². The van der Waals surface area contributed by atoms with Crippen LogP contribution in [0.3, 0.4) is 0 Å². The maximum absolute atomic E-state index is 11.9. The Morgan fingerprint density at radius 1 is 1.19 bits per heavy atom. The average Bonchev–Trinajstić information content (AvgIpc) is 2.66. The summed E-state index contributed by atoms with van der Waals surface area (Å²) in [4.78, 5) is 33.8. The molecule has 2 aromatic carbocycles. The summed E-state index contributed by atoms with van der Waals surface area (Å²) in [6.07, 6.45) is 0.624. The molecule has 9 heteroatoms. The number of hydrogen-bond acceptors (Lipinski definition) is 6. The number of aryl methyl sites for hydroxylation is 1. The Kier molecular flexibility index (Phi) is 7.30. The van der Waals surface area contributed by atoms with Crippen LogP contribution in [-0.4, -0.2) is 30.5 Å². The van der Waals surface area contributed by atoms with Gasteiger partial charge in [-0.05, 0) is 46.1 Å². The predicted molar refractivity (Wildman–Crippen MR) is 102 cm³/mol. The van der Waals surface area contributed by atoms with Crippen LogP contribution in [0.4, 0.5) is 11.4 Å². The third kappa shape index (κ3) is 6.37. The number of rotatable bonds is 8. The summed E-state index contributed by atoms with van der Waals surface area (Å²) in [5, 5.41) is 13.2. The highest BCUT2D eigenvalue weighted by molar-refractivity contribution is 9.10. The number of nitro groups is 1. The van der Waals surface area contributed by atoms with Crippen molar-refractivity contribution in [3.05, 3.63) is 62.6 Å². The van der Waals surface area contributed by atoms with Gasteiger partial charge >= 0.3 is 5.97 Å². The van der Waals surface area contributed by atoms with Crippen molar-refractivity contribution in [1.29, 1.82) is 0 Å². The van der Waals surface area contributed by atoms with Gasteiger partial charge in [0.05, 0.1) is 17.7 Å². The van der Waals surface area contributed by atoms with Gasteiger partial charge in [0.2, 0.25) is 0 Å². The largest absolute Gasteiger partial charge is 0.497 e. The van der Waals surface area contributed by atoms with Gasteiger partial charge in [0, 0.05) is 23.0 Å². The molecule has 1 N–H and O–H groups in total. The monoisotopic (exact) mass is 436 g/mol. The van der Waals surface area contributed by atoms with Crippen molar-refractivity contribution in [3.8, 4) is 5.75 Å². The molecule has 2 aromatic rings. The number of esters is 1. The quantitative estimate of drug-likeness (QED) is 0.385. The van der Waals surface area contributed by atoms with Gasteiger partial charge in [0.25, 0.3) is 11.6 Å². The number of benzene rings is 2. The summed E-state index contributed by atoms with van der Waals surface area (Å²) in [6.45, 7) is -0.440. The number of carbonyl (C=O) groups is 2. The second-order valence-electron chi connectivity index (χ2n) is 5.48. The Hall–Kier alpha value is -2.94. The molecule has 0 fully saturated rings. The minimum absolute atomic E-state index is 0.107. The van der Waals surface area contributed by atoms with E-state index in [0.29, 0.717) is 16.6 Å². The van der Waals surface area contributed by atoms with Gasteiger partial charge in [0.1, 0.15) is 5.75 Å². The number of nitrogens with one attached hydrogen (secondary N) is 1. The van der Waals surface area contributed by atoms with Crippen LogP contribution >= 0.6 is 15.9 Å². The van der Waals surface area contributed by atoms with E-state index >= 15 is 0 Å². The lowest BCUT2D eigenvalue weighted by molar-refractivity contribution is -0.384. The second kappa shape index (κ2) is 9.67. The van der Waals surface area contributed by atoms with E-state index in [9.17, 15) is 19.7 Å². The van der Waals surface area contributed by atoms with E-state index < -0.39 is 23.4 Å². The van der Waals surface area contributed by atoms with Gasteiger partial charge in [-0.25, -0.2) is 0 Å². The predicted octanol–water partition coefficient (Wildman–Crippen LogP) is 3.48. The standard InChI is InChI=1S/C18H17BrN2O6/c1-26-14-6-2-12(3-7-14)4-9-18(23)27-11-17(22)20-16-8-5-13(21(24)25)10-15(16)19/h2-3,5-8,10H,4,9,11H2,1H3,(H,20,22). The molecule has 0 atom stereocenters. The third-order valence-electron chi connectivity index (χ3n) is 3.58. The lowest BCUT2D eigenvalue weighted by atomic mass is 10.1. The topological polar surface area (TPSA) is 108 Å². The number of nitro benzene ring substituents is 1. The van der Waals surface area contributed by atoms with Crippen molar-refractivity contribution >= 4 is 39.2 Å². The van der Waals surface area contributed by atoms with E-state index in [1.165, 1.54) is 18.2 Å². The molecular weight excluding hydrogens is 420 g/mol. The number of non-ortho nitro benzene ring substituents is 1. The molecule has 0 spiro atoms. The van der Waals surface area contributed by atoms with Gasteiger partial charge in [-0.15, -0.1) is 0 Å². The fourth-order valence-electron chi connectivity index (χ4n) is 2.16. The van der Waals surface area contributed by atoms with Crippen molar-refractivity contribution in [1.82, 2.24) is 0 Å². The Morgan fingerprint density at radius 2 is 1.89 bits per heavy atom.